The Labute approximate surface area is 147 Å². The zero-order chi connectivity index (χ0) is 17.7. The molecule has 0 aliphatic carbocycles. The van der Waals surface area contributed by atoms with E-state index in [1.807, 2.05) is 30.3 Å². The molecule has 0 unspecified atom stereocenters. The van der Waals surface area contributed by atoms with Gasteiger partial charge in [-0.2, -0.15) is 0 Å². The number of nitrogens with zero attached hydrogens (tertiary/aromatic N) is 1. The smallest absolute Gasteiger partial charge is 0.350 e. The van der Waals surface area contributed by atoms with Crippen LogP contribution >= 0.6 is 0 Å². The molecule has 5 heteroatoms. The highest BCUT2D eigenvalue weighted by atomic mass is 16.5. The van der Waals surface area contributed by atoms with Crippen molar-refractivity contribution in [1.29, 1.82) is 0 Å². The molecule has 25 heavy (non-hydrogen) atoms. The van der Waals surface area contributed by atoms with E-state index in [2.05, 4.69) is 16.8 Å². The molecule has 2 aromatic rings. The number of methoxy groups -OCH3 is 1. The Kier molecular flexibility index (Phi) is 7.76. The quantitative estimate of drug-likeness (QED) is 0.337. The Bertz CT molecular complexity index is 743. The molecule has 128 valence electrons. The fraction of sp³-hybridized carbons (Fsp3) is 0.200. The van der Waals surface area contributed by atoms with Crippen LogP contribution in [0.4, 0.5) is 5.69 Å². The third kappa shape index (κ3) is 7.34. The summed E-state index contributed by atoms with van der Waals surface area (Å²) in [5.41, 5.74) is 1.73. The van der Waals surface area contributed by atoms with E-state index in [9.17, 15) is 4.79 Å². The summed E-state index contributed by atoms with van der Waals surface area (Å²) >= 11 is 0. The first-order valence-corrected chi connectivity index (χ1v) is 7.70. The highest BCUT2D eigenvalue weighted by Gasteiger charge is 1.97. The van der Waals surface area contributed by atoms with Gasteiger partial charge in [0, 0.05) is 0 Å². The van der Waals surface area contributed by atoms with Gasteiger partial charge in [0.05, 0.1) is 19.4 Å². The van der Waals surface area contributed by atoms with Crippen molar-refractivity contribution in [1.82, 2.24) is 0 Å². The number of ether oxygens (including phenoxy) is 3. The Balaban J connectivity index is 1.62. The second kappa shape index (κ2) is 10.6. The lowest BCUT2D eigenvalue weighted by Gasteiger charge is -1.99. The largest absolute Gasteiger partial charge is 0.497 e. The van der Waals surface area contributed by atoms with Gasteiger partial charge in [0.25, 0.3) is 0 Å². The van der Waals surface area contributed by atoms with Crippen molar-refractivity contribution in [2.24, 2.45) is 4.99 Å². The standard InChI is InChI=1S/C20H19NO4/c1-23-19-11-9-18(10-12-19)21-15-20(22)25-14-6-5-13-24-16-17-7-3-2-4-8-17/h2-4,7-12,15H,13-14,16H2,1H3. The predicted molar refractivity (Wildman–Crippen MR) is 96.0 cm³/mol. The van der Waals surface area contributed by atoms with Gasteiger partial charge in [-0.05, 0) is 29.8 Å². The molecule has 0 N–H and O–H groups in total. The molecule has 0 spiro atoms. The molecule has 0 aliphatic heterocycles. The number of hydrogen-bond acceptors (Lipinski definition) is 5. The van der Waals surface area contributed by atoms with E-state index in [1.165, 1.54) is 0 Å². The van der Waals surface area contributed by atoms with Gasteiger partial charge in [-0.3, -0.25) is 0 Å². The van der Waals surface area contributed by atoms with Gasteiger partial charge in [0.2, 0.25) is 0 Å². The number of hydrogen-bond donors (Lipinski definition) is 0. The van der Waals surface area contributed by atoms with E-state index in [-0.39, 0.29) is 13.2 Å². The summed E-state index contributed by atoms with van der Waals surface area (Å²) < 4.78 is 15.4. The molecular formula is C20H19NO4. The second-order valence-electron chi connectivity index (χ2n) is 4.90. The van der Waals surface area contributed by atoms with Crippen molar-refractivity contribution in [3.63, 3.8) is 0 Å². The van der Waals surface area contributed by atoms with Crippen LogP contribution in [0.15, 0.2) is 59.6 Å². The summed E-state index contributed by atoms with van der Waals surface area (Å²) in [6.07, 6.45) is 1.12. The van der Waals surface area contributed by atoms with Gasteiger partial charge in [-0.15, -0.1) is 0 Å². The first-order chi connectivity index (χ1) is 12.3. The highest BCUT2D eigenvalue weighted by Crippen LogP contribution is 2.16. The SMILES string of the molecule is COc1ccc(N=CC(=O)OCC#CCOCc2ccccc2)cc1. The van der Waals surface area contributed by atoms with Gasteiger partial charge < -0.3 is 14.2 Å². The molecule has 0 radical (unpaired) electrons. The molecule has 0 saturated heterocycles. The molecule has 2 rings (SSSR count). The van der Waals surface area contributed by atoms with Crippen LogP contribution in [0.1, 0.15) is 5.56 Å². The average molecular weight is 337 g/mol. The van der Waals surface area contributed by atoms with Gasteiger partial charge in [-0.1, -0.05) is 42.2 Å². The van der Waals surface area contributed by atoms with Gasteiger partial charge >= 0.3 is 5.97 Å². The molecule has 0 aliphatic rings. The number of rotatable bonds is 7. The minimum absolute atomic E-state index is 0.00215. The normalized spacial score (nSPS) is 10.1. The fourth-order valence-electron chi connectivity index (χ4n) is 1.84. The fourth-order valence-corrected chi connectivity index (χ4v) is 1.84. The Morgan fingerprint density at radius 2 is 1.76 bits per heavy atom. The van der Waals surface area contributed by atoms with Crippen LogP contribution in [0.2, 0.25) is 0 Å². The Hall–Kier alpha value is -3.10. The van der Waals surface area contributed by atoms with Crippen LogP contribution in [0.5, 0.6) is 5.75 Å². The lowest BCUT2D eigenvalue weighted by Crippen LogP contribution is -2.05. The maximum atomic E-state index is 11.5. The van der Waals surface area contributed by atoms with E-state index in [4.69, 9.17) is 14.2 Å². The van der Waals surface area contributed by atoms with E-state index in [0.29, 0.717) is 12.3 Å². The van der Waals surface area contributed by atoms with Gasteiger partial charge in [-0.25, -0.2) is 9.79 Å². The third-order valence-electron chi connectivity index (χ3n) is 3.09. The summed E-state index contributed by atoms with van der Waals surface area (Å²) in [6.45, 7) is 0.790. The highest BCUT2D eigenvalue weighted by molar-refractivity contribution is 6.23. The van der Waals surface area contributed by atoms with Gasteiger partial charge in [0.1, 0.15) is 18.6 Å². The van der Waals surface area contributed by atoms with Crippen molar-refractivity contribution >= 4 is 17.9 Å². The van der Waals surface area contributed by atoms with Crippen molar-refractivity contribution < 1.29 is 19.0 Å². The topological polar surface area (TPSA) is 57.1 Å². The molecule has 0 fully saturated rings. The maximum absolute atomic E-state index is 11.5. The maximum Gasteiger partial charge on any atom is 0.350 e. The van der Waals surface area contributed by atoms with Crippen molar-refractivity contribution in [3.05, 3.63) is 60.2 Å². The van der Waals surface area contributed by atoms with Crippen LogP contribution in [0.25, 0.3) is 0 Å². The molecule has 0 amide bonds. The van der Waals surface area contributed by atoms with E-state index in [0.717, 1.165) is 17.5 Å². The van der Waals surface area contributed by atoms with E-state index in [1.54, 1.807) is 31.4 Å². The van der Waals surface area contributed by atoms with Crippen molar-refractivity contribution in [2.45, 2.75) is 6.61 Å². The third-order valence-corrected chi connectivity index (χ3v) is 3.09. The van der Waals surface area contributed by atoms with Crippen molar-refractivity contribution in [3.8, 4) is 17.6 Å². The van der Waals surface area contributed by atoms with Crippen LogP contribution in [-0.2, 0) is 20.9 Å². The Morgan fingerprint density at radius 3 is 2.48 bits per heavy atom. The van der Waals surface area contributed by atoms with E-state index < -0.39 is 5.97 Å². The van der Waals surface area contributed by atoms with Crippen LogP contribution in [0, 0.1) is 11.8 Å². The molecule has 0 saturated carbocycles. The van der Waals surface area contributed by atoms with Gasteiger partial charge in [0.15, 0.2) is 6.61 Å². The second-order valence-corrected chi connectivity index (χ2v) is 4.90. The van der Waals surface area contributed by atoms with Crippen LogP contribution < -0.4 is 4.74 Å². The summed E-state index contributed by atoms with van der Waals surface area (Å²) in [5, 5.41) is 0. The lowest BCUT2D eigenvalue weighted by molar-refractivity contribution is -0.133. The summed E-state index contributed by atoms with van der Waals surface area (Å²) in [6, 6.07) is 16.8. The summed E-state index contributed by atoms with van der Waals surface area (Å²) in [5.74, 6) is 5.69. The monoisotopic (exact) mass is 337 g/mol. The number of benzene rings is 2. The van der Waals surface area contributed by atoms with Crippen LogP contribution in [-0.4, -0.2) is 32.5 Å². The lowest BCUT2D eigenvalue weighted by atomic mass is 10.2. The number of esters is 1. The average Bonchev–Trinajstić information content (AvgIpc) is 2.67. The molecule has 0 heterocycles. The minimum atomic E-state index is -0.546. The number of aliphatic imine (C=N–C) groups is 1. The first-order valence-electron chi connectivity index (χ1n) is 7.70. The predicted octanol–water partition coefficient (Wildman–Crippen LogP) is 3.16. The number of carbonyl (C=O) groups excluding carboxylic acids is 1. The zero-order valence-corrected chi connectivity index (χ0v) is 14.0. The van der Waals surface area contributed by atoms with Crippen LogP contribution in [0.3, 0.4) is 0 Å². The molecule has 0 bridgehead atoms. The molecule has 0 aromatic heterocycles. The van der Waals surface area contributed by atoms with Crippen molar-refractivity contribution in [2.75, 3.05) is 20.3 Å². The van der Waals surface area contributed by atoms with E-state index >= 15 is 0 Å². The molecule has 0 atom stereocenters. The first kappa shape index (κ1) is 18.2. The minimum Gasteiger partial charge on any atom is -0.497 e. The molecular weight excluding hydrogens is 318 g/mol. The molecule has 5 nitrogen and oxygen atoms in total. The summed E-state index contributed by atoms with van der Waals surface area (Å²) in [7, 11) is 1.59. The Morgan fingerprint density at radius 1 is 1.04 bits per heavy atom. The summed E-state index contributed by atoms with van der Waals surface area (Å²) in [4.78, 5) is 15.5. The molecule has 2 aromatic carbocycles. The zero-order valence-electron chi connectivity index (χ0n) is 14.0. The number of carbonyl (C=O) groups is 1.